The van der Waals surface area contributed by atoms with Gasteiger partial charge in [-0.2, -0.15) is 0 Å². The van der Waals surface area contributed by atoms with E-state index in [9.17, 15) is 4.79 Å². The zero-order valence-corrected chi connectivity index (χ0v) is 12.4. The predicted molar refractivity (Wildman–Crippen MR) is 76.1 cm³/mol. The van der Waals surface area contributed by atoms with Crippen LogP contribution < -0.4 is 11.1 Å². The summed E-state index contributed by atoms with van der Waals surface area (Å²) in [7, 11) is 0. The van der Waals surface area contributed by atoms with Crippen LogP contribution in [0, 0.1) is 5.92 Å². The molecule has 0 radical (unpaired) electrons. The molecule has 1 aromatic heterocycles. The van der Waals surface area contributed by atoms with Crippen molar-refractivity contribution in [3.8, 4) is 0 Å². The van der Waals surface area contributed by atoms with Gasteiger partial charge < -0.3 is 20.6 Å². The molecular formula is C14H25N3O3. The number of hydrogen-bond acceptors (Lipinski definition) is 5. The van der Waals surface area contributed by atoms with Gasteiger partial charge in [-0.15, -0.1) is 0 Å². The van der Waals surface area contributed by atoms with Crippen LogP contribution in [0.1, 0.15) is 62.5 Å². The molecule has 0 bridgehead atoms. The number of hydrogen-bond donors (Lipinski definition) is 3. The Bertz CT molecular complexity index is 418. The summed E-state index contributed by atoms with van der Waals surface area (Å²) in [5.74, 6) is 0.572. The largest absolute Gasteiger partial charge is 0.446 e. The van der Waals surface area contributed by atoms with E-state index in [1.54, 1.807) is 0 Å². The van der Waals surface area contributed by atoms with Crippen molar-refractivity contribution in [3.05, 3.63) is 17.8 Å². The quantitative estimate of drug-likeness (QED) is 0.673. The van der Waals surface area contributed by atoms with Gasteiger partial charge in [0.25, 0.3) is 5.91 Å². The molecule has 0 saturated heterocycles. The predicted octanol–water partition coefficient (Wildman–Crippen LogP) is 1.61. The van der Waals surface area contributed by atoms with Crippen molar-refractivity contribution in [3.63, 3.8) is 0 Å². The van der Waals surface area contributed by atoms with Crippen LogP contribution in [0.15, 0.2) is 10.7 Å². The number of nitrogens with zero attached hydrogens (tertiary/aromatic N) is 1. The van der Waals surface area contributed by atoms with E-state index in [-0.39, 0.29) is 30.1 Å². The van der Waals surface area contributed by atoms with Crippen molar-refractivity contribution >= 4 is 5.91 Å². The molecule has 20 heavy (non-hydrogen) atoms. The molecule has 2 unspecified atom stereocenters. The lowest BCUT2D eigenvalue weighted by atomic mass is 10.0. The summed E-state index contributed by atoms with van der Waals surface area (Å²) in [4.78, 5) is 15.9. The molecule has 0 aromatic carbocycles. The van der Waals surface area contributed by atoms with Crippen molar-refractivity contribution in [2.45, 2.75) is 52.1 Å². The molecule has 0 fully saturated rings. The number of rotatable bonds is 8. The van der Waals surface area contributed by atoms with E-state index in [4.69, 9.17) is 15.3 Å². The average molecular weight is 283 g/mol. The highest BCUT2D eigenvalue weighted by molar-refractivity contribution is 5.92. The van der Waals surface area contributed by atoms with Crippen LogP contribution in [0.4, 0.5) is 0 Å². The Morgan fingerprint density at radius 2 is 2.15 bits per heavy atom. The molecule has 1 amide bonds. The van der Waals surface area contributed by atoms with Gasteiger partial charge in [0.1, 0.15) is 12.3 Å². The summed E-state index contributed by atoms with van der Waals surface area (Å²) < 4.78 is 5.08. The molecule has 6 nitrogen and oxygen atoms in total. The Balaban J connectivity index is 2.43. The monoisotopic (exact) mass is 283 g/mol. The van der Waals surface area contributed by atoms with E-state index >= 15 is 0 Å². The van der Waals surface area contributed by atoms with Crippen LogP contribution in [0.5, 0.6) is 0 Å². The molecule has 4 N–H and O–H groups in total. The first kappa shape index (κ1) is 16.7. The number of aromatic nitrogens is 1. The average Bonchev–Trinajstić information content (AvgIpc) is 2.86. The number of nitrogens with two attached hydrogens (primary N) is 1. The van der Waals surface area contributed by atoms with E-state index in [1.165, 1.54) is 6.26 Å². The third-order valence-corrected chi connectivity index (χ3v) is 3.06. The summed E-state index contributed by atoms with van der Waals surface area (Å²) in [5, 5.41) is 11.8. The molecule has 0 aliphatic rings. The van der Waals surface area contributed by atoms with Crippen LogP contribution in [0.3, 0.4) is 0 Å². The summed E-state index contributed by atoms with van der Waals surface area (Å²) in [6.45, 7) is 6.07. The van der Waals surface area contributed by atoms with Crippen molar-refractivity contribution < 1.29 is 14.3 Å². The molecule has 1 heterocycles. The lowest BCUT2D eigenvalue weighted by molar-refractivity contribution is 0.0932. The maximum absolute atomic E-state index is 11.9. The van der Waals surface area contributed by atoms with Gasteiger partial charge in [-0.3, -0.25) is 4.79 Å². The maximum Gasteiger partial charge on any atom is 0.273 e. The number of aliphatic hydroxyl groups is 1. The normalized spacial score (nSPS) is 14.3. The van der Waals surface area contributed by atoms with E-state index in [1.807, 2.05) is 6.92 Å². The lowest BCUT2D eigenvalue weighted by Gasteiger charge is -2.13. The van der Waals surface area contributed by atoms with Gasteiger partial charge in [0.05, 0.1) is 6.61 Å². The van der Waals surface area contributed by atoms with Gasteiger partial charge in [-0.1, -0.05) is 26.7 Å². The Morgan fingerprint density at radius 1 is 1.45 bits per heavy atom. The van der Waals surface area contributed by atoms with Crippen LogP contribution in [0.25, 0.3) is 0 Å². The molecule has 1 rings (SSSR count). The van der Waals surface area contributed by atoms with Gasteiger partial charge in [0, 0.05) is 6.04 Å². The fourth-order valence-corrected chi connectivity index (χ4v) is 1.84. The highest BCUT2D eigenvalue weighted by Crippen LogP contribution is 2.11. The number of oxazole rings is 1. The Morgan fingerprint density at radius 3 is 2.75 bits per heavy atom. The number of aliphatic hydroxyl groups excluding tert-OH is 1. The van der Waals surface area contributed by atoms with Crippen LogP contribution in [-0.2, 0) is 0 Å². The molecule has 0 spiro atoms. The molecule has 114 valence electrons. The highest BCUT2D eigenvalue weighted by atomic mass is 16.3. The SMILES string of the molecule is CC(C)CCCC(C)NC(=O)c1coc(C(N)CO)n1. The van der Waals surface area contributed by atoms with Gasteiger partial charge in [0.2, 0.25) is 5.89 Å². The second-order valence-corrected chi connectivity index (χ2v) is 5.56. The number of amides is 1. The lowest BCUT2D eigenvalue weighted by Crippen LogP contribution is -2.32. The molecule has 2 atom stereocenters. The van der Waals surface area contributed by atoms with Gasteiger partial charge in [0.15, 0.2) is 5.69 Å². The van der Waals surface area contributed by atoms with E-state index in [0.29, 0.717) is 5.92 Å². The zero-order chi connectivity index (χ0) is 15.1. The Hall–Kier alpha value is -1.40. The maximum atomic E-state index is 11.9. The second kappa shape index (κ2) is 8.01. The van der Waals surface area contributed by atoms with Crippen molar-refractivity contribution in [2.75, 3.05) is 6.61 Å². The minimum absolute atomic E-state index is 0.0907. The first-order chi connectivity index (χ1) is 9.43. The smallest absolute Gasteiger partial charge is 0.273 e. The standard InChI is InChI=1S/C14H25N3O3/c1-9(2)5-4-6-10(3)16-13(19)12-8-20-14(17-12)11(15)7-18/h8-11,18H,4-7,15H2,1-3H3,(H,16,19). The van der Waals surface area contributed by atoms with Gasteiger partial charge in [-0.05, 0) is 19.3 Å². The second-order valence-electron chi connectivity index (χ2n) is 5.56. The Kier molecular flexibility index (Phi) is 6.67. The summed E-state index contributed by atoms with van der Waals surface area (Å²) in [6, 6.07) is -0.604. The van der Waals surface area contributed by atoms with E-state index in [0.717, 1.165) is 19.3 Å². The summed E-state index contributed by atoms with van der Waals surface area (Å²) >= 11 is 0. The number of nitrogens with one attached hydrogen (secondary N) is 1. The topological polar surface area (TPSA) is 101 Å². The first-order valence-electron chi connectivity index (χ1n) is 7.06. The fourth-order valence-electron chi connectivity index (χ4n) is 1.84. The first-order valence-corrected chi connectivity index (χ1v) is 7.06. The molecule has 0 aliphatic heterocycles. The zero-order valence-electron chi connectivity index (χ0n) is 12.4. The van der Waals surface area contributed by atoms with Crippen molar-refractivity contribution in [1.82, 2.24) is 10.3 Å². The van der Waals surface area contributed by atoms with Crippen molar-refractivity contribution in [1.29, 1.82) is 0 Å². The molecule has 6 heteroatoms. The molecular weight excluding hydrogens is 258 g/mol. The number of carbonyl (C=O) groups is 1. The summed E-state index contributed by atoms with van der Waals surface area (Å²) in [5.41, 5.74) is 5.76. The Labute approximate surface area is 119 Å². The third kappa shape index (κ3) is 5.30. The van der Waals surface area contributed by atoms with Crippen molar-refractivity contribution in [2.24, 2.45) is 11.7 Å². The minimum Gasteiger partial charge on any atom is -0.446 e. The molecule has 0 saturated carbocycles. The third-order valence-electron chi connectivity index (χ3n) is 3.06. The minimum atomic E-state index is -0.694. The molecule has 0 aliphatic carbocycles. The van der Waals surface area contributed by atoms with Crippen LogP contribution in [0.2, 0.25) is 0 Å². The van der Waals surface area contributed by atoms with Gasteiger partial charge >= 0.3 is 0 Å². The fraction of sp³-hybridized carbons (Fsp3) is 0.714. The van der Waals surface area contributed by atoms with Gasteiger partial charge in [-0.25, -0.2) is 4.98 Å². The molecule has 1 aromatic rings. The van der Waals surface area contributed by atoms with Crippen LogP contribution in [-0.4, -0.2) is 28.6 Å². The summed E-state index contributed by atoms with van der Waals surface area (Å²) in [6.07, 6.45) is 4.43. The highest BCUT2D eigenvalue weighted by Gasteiger charge is 2.17. The number of carbonyl (C=O) groups excluding carboxylic acids is 1. The van der Waals surface area contributed by atoms with Crippen LogP contribution >= 0.6 is 0 Å². The van der Waals surface area contributed by atoms with E-state index in [2.05, 4.69) is 24.1 Å². The van der Waals surface area contributed by atoms with E-state index < -0.39 is 6.04 Å².